The number of amides is 1. The van der Waals surface area contributed by atoms with Crippen LogP contribution in [0.5, 0.6) is 0 Å². The molecule has 2 aromatic rings. The van der Waals surface area contributed by atoms with Crippen molar-refractivity contribution in [2.45, 2.75) is 25.4 Å². The third kappa shape index (κ3) is 4.27. The van der Waals surface area contributed by atoms with Gasteiger partial charge in [0.1, 0.15) is 25.0 Å². The Morgan fingerprint density at radius 2 is 1.89 bits per heavy atom. The number of aromatic nitrogens is 3. The van der Waals surface area contributed by atoms with Gasteiger partial charge in [0, 0.05) is 51.0 Å². The summed E-state index contributed by atoms with van der Waals surface area (Å²) in [5.41, 5.74) is 1.07. The van der Waals surface area contributed by atoms with Gasteiger partial charge in [-0.25, -0.2) is 14.1 Å². The first-order chi connectivity index (χ1) is 13.2. The van der Waals surface area contributed by atoms with Gasteiger partial charge in [-0.1, -0.05) is 0 Å². The van der Waals surface area contributed by atoms with E-state index < -0.39 is 0 Å². The van der Waals surface area contributed by atoms with Crippen molar-refractivity contribution < 1.29 is 9.18 Å². The van der Waals surface area contributed by atoms with Crippen LogP contribution >= 0.6 is 0 Å². The van der Waals surface area contributed by atoms with Crippen LogP contribution in [0.1, 0.15) is 12.8 Å². The summed E-state index contributed by atoms with van der Waals surface area (Å²) < 4.78 is 14.7. The van der Waals surface area contributed by atoms with Crippen LogP contribution in [0.3, 0.4) is 0 Å². The topological polar surface area (TPSA) is 57.5 Å². The molecule has 2 aliphatic rings. The van der Waals surface area contributed by atoms with E-state index in [-0.39, 0.29) is 18.3 Å². The van der Waals surface area contributed by atoms with Crippen molar-refractivity contribution >= 4 is 11.6 Å². The Morgan fingerprint density at radius 3 is 2.59 bits per heavy atom. The van der Waals surface area contributed by atoms with Gasteiger partial charge in [-0.3, -0.25) is 9.69 Å². The van der Waals surface area contributed by atoms with Gasteiger partial charge >= 0.3 is 0 Å². The number of piperazine rings is 1. The van der Waals surface area contributed by atoms with Crippen LogP contribution < -0.4 is 4.90 Å². The smallest absolute Gasteiger partial charge is 0.244 e. The molecule has 8 heteroatoms. The van der Waals surface area contributed by atoms with E-state index in [9.17, 15) is 9.18 Å². The largest absolute Gasteiger partial charge is 0.369 e. The van der Waals surface area contributed by atoms with E-state index in [0.29, 0.717) is 6.04 Å². The maximum absolute atomic E-state index is 13.1. The summed E-state index contributed by atoms with van der Waals surface area (Å²) in [6.45, 7) is 5.64. The number of benzene rings is 1. The second-order valence-electron chi connectivity index (χ2n) is 7.23. The van der Waals surface area contributed by atoms with Crippen molar-refractivity contribution in [2.24, 2.45) is 0 Å². The molecule has 2 saturated heterocycles. The van der Waals surface area contributed by atoms with Gasteiger partial charge in [-0.2, -0.15) is 5.10 Å². The summed E-state index contributed by atoms with van der Waals surface area (Å²) in [7, 11) is 0. The first-order valence-corrected chi connectivity index (χ1v) is 9.54. The van der Waals surface area contributed by atoms with Crippen LogP contribution in [-0.4, -0.2) is 75.8 Å². The third-order valence-electron chi connectivity index (χ3n) is 5.54. The van der Waals surface area contributed by atoms with Crippen molar-refractivity contribution in [3.63, 3.8) is 0 Å². The van der Waals surface area contributed by atoms with Gasteiger partial charge in [-0.05, 0) is 37.1 Å². The second-order valence-corrected chi connectivity index (χ2v) is 7.23. The Bertz CT molecular complexity index is 742. The summed E-state index contributed by atoms with van der Waals surface area (Å²) in [4.78, 5) is 23.2. The molecular formula is C19H25FN6O. The van der Waals surface area contributed by atoms with Gasteiger partial charge < -0.3 is 9.80 Å². The molecule has 0 radical (unpaired) electrons. The molecule has 0 N–H and O–H groups in total. The SMILES string of the molecule is O=C(Cn1cncn1)N1CCC[C@@H](N2CCN(c3ccc(F)cc3)CC2)C1. The zero-order valence-corrected chi connectivity index (χ0v) is 15.4. The van der Waals surface area contributed by atoms with E-state index in [1.165, 1.54) is 18.5 Å². The molecule has 3 heterocycles. The highest BCUT2D eigenvalue weighted by molar-refractivity contribution is 5.76. The first-order valence-electron chi connectivity index (χ1n) is 9.54. The molecular weight excluding hydrogens is 347 g/mol. The molecule has 1 aromatic carbocycles. The Balaban J connectivity index is 1.30. The lowest BCUT2D eigenvalue weighted by Crippen LogP contribution is -2.56. The number of rotatable bonds is 4. The molecule has 1 atom stereocenters. The normalized spacial score (nSPS) is 21.4. The van der Waals surface area contributed by atoms with E-state index in [1.54, 1.807) is 11.0 Å². The predicted molar refractivity (Wildman–Crippen MR) is 99.8 cm³/mol. The number of hydrogen-bond donors (Lipinski definition) is 0. The number of nitrogens with zero attached hydrogens (tertiary/aromatic N) is 6. The average molecular weight is 372 g/mol. The molecule has 1 amide bonds. The van der Waals surface area contributed by atoms with Crippen LogP contribution in [0.25, 0.3) is 0 Å². The Hall–Kier alpha value is -2.48. The van der Waals surface area contributed by atoms with Crippen LogP contribution in [-0.2, 0) is 11.3 Å². The number of halogens is 1. The molecule has 4 rings (SSSR count). The Labute approximate surface area is 158 Å². The maximum Gasteiger partial charge on any atom is 0.244 e. The van der Waals surface area contributed by atoms with Gasteiger partial charge in [0.15, 0.2) is 0 Å². The standard InChI is InChI=1S/C19H25FN6O/c20-16-3-5-17(6-4-16)23-8-10-24(11-9-23)18-2-1-7-25(12-18)19(27)13-26-15-21-14-22-26/h3-6,14-15,18H,1-2,7-13H2/t18-/m1/s1. The highest BCUT2D eigenvalue weighted by atomic mass is 19.1. The minimum Gasteiger partial charge on any atom is -0.369 e. The lowest BCUT2D eigenvalue weighted by molar-refractivity contribution is -0.134. The molecule has 144 valence electrons. The fourth-order valence-corrected chi connectivity index (χ4v) is 4.03. The maximum atomic E-state index is 13.1. The highest BCUT2D eigenvalue weighted by Crippen LogP contribution is 2.21. The minimum absolute atomic E-state index is 0.107. The molecule has 0 bridgehead atoms. The van der Waals surface area contributed by atoms with Crippen LogP contribution in [0.2, 0.25) is 0 Å². The summed E-state index contributed by atoms with van der Waals surface area (Å²) in [5, 5.41) is 4.02. The minimum atomic E-state index is -0.199. The summed E-state index contributed by atoms with van der Waals surface area (Å²) in [6, 6.07) is 7.13. The third-order valence-corrected chi connectivity index (χ3v) is 5.54. The number of carbonyl (C=O) groups is 1. The molecule has 7 nitrogen and oxygen atoms in total. The molecule has 0 saturated carbocycles. The highest BCUT2D eigenvalue weighted by Gasteiger charge is 2.30. The van der Waals surface area contributed by atoms with Gasteiger partial charge in [0.2, 0.25) is 5.91 Å². The zero-order valence-electron chi connectivity index (χ0n) is 15.4. The lowest BCUT2D eigenvalue weighted by Gasteiger charge is -2.44. The quantitative estimate of drug-likeness (QED) is 0.808. The Kier molecular flexibility index (Phi) is 5.33. The average Bonchev–Trinajstić information content (AvgIpc) is 3.22. The van der Waals surface area contributed by atoms with E-state index in [4.69, 9.17) is 0 Å². The van der Waals surface area contributed by atoms with Crippen molar-refractivity contribution in [3.8, 4) is 0 Å². The summed E-state index contributed by atoms with van der Waals surface area (Å²) in [6.07, 6.45) is 5.19. The van der Waals surface area contributed by atoms with Crippen molar-refractivity contribution in [1.29, 1.82) is 0 Å². The zero-order chi connectivity index (χ0) is 18.6. The monoisotopic (exact) mass is 372 g/mol. The Morgan fingerprint density at radius 1 is 1.11 bits per heavy atom. The van der Waals surface area contributed by atoms with E-state index >= 15 is 0 Å². The summed E-state index contributed by atoms with van der Waals surface area (Å²) in [5.74, 6) is -0.0922. The van der Waals surface area contributed by atoms with Crippen molar-refractivity contribution in [3.05, 3.63) is 42.7 Å². The number of likely N-dealkylation sites (tertiary alicyclic amines) is 1. The molecule has 1 aromatic heterocycles. The molecule has 27 heavy (non-hydrogen) atoms. The molecule has 0 unspecified atom stereocenters. The summed E-state index contributed by atoms with van der Waals surface area (Å²) >= 11 is 0. The lowest BCUT2D eigenvalue weighted by atomic mass is 10.0. The molecule has 0 spiro atoms. The number of hydrogen-bond acceptors (Lipinski definition) is 5. The second kappa shape index (κ2) is 8.04. The van der Waals surface area contributed by atoms with Gasteiger partial charge in [0.25, 0.3) is 0 Å². The fourth-order valence-electron chi connectivity index (χ4n) is 4.03. The number of carbonyl (C=O) groups excluding carboxylic acids is 1. The van der Waals surface area contributed by atoms with Crippen molar-refractivity contribution in [2.75, 3.05) is 44.2 Å². The van der Waals surface area contributed by atoms with E-state index in [1.807, 2.05) is 17.0 Å². The van der Waals surface area contributed by atoms with Crippen LogP contribution in [0, 0.1) is 5.82 Å². The van der Waals surface area contributed by atoms with Crippen LogP contribution in [0.15, 0.2) is 36.9 Å². The van der Waals surface area contributed by atoms with Crippen molar-refractivity contribution in [1.82, 2.24) is 24.6 Å². The van der Waals surface area contributed by atoms with Crippen LogP contribution in [0.4, 0.5) is 10.1 Å². The van der Waals surface area contributed by atoms with Gasteiger partial charge in [0.05, 0.1) is 0 Å². The first kappa shape index (κ1) is 17.9. The molecule has 0 aliphatic carbocycles. The predicted octanol–water partition coefficient (Wildman–Crippen LogP) is 1.23. The number of piperidine rings is 1. The van der Waals surface area contributed by atoms with E-state index in [2.05, 4.69) is 19.9 Å². The molecule has 2 aliphatic heterocycles. The number of anilines is 1. The fraction of sp³-hybridized carbons (Fsp3) is 0.526. The van der Waals surface area contributed by atoms with Gasteiger partial charge in [-0.15, -0.1) is 0 Å². The molecule has 2 fully saturated rings. The van der Waals surface area contributed by atoms with E-state index in [0.717, 1.165) is 57.8 Å².